The predicted octanol–water partition coefficient (Wildman–Crippen LogP) is 5.06. The van der Waals surface area contributed by atoms with E-state index in [4.69, 9.17) is 5.73 Å². The van der Waals surface area contributed by atoms with Crippen molar-refractivity contribution in [2.75, 3.05) is 18.8 Å². The largest absolute Gasteiger partial charge is 0.382 e. The molecule has 2 heterocycles. The summed E-state index contributed by atoms with van der Waals surface area (Å²) in [5.41, 5.74) is 5.92. The quantitative estimate of drug-likeness (QED) is 0.675. The van der Waals surface area contributed by atoms with Crippen molar-refractivity contribution in [1.82, 2.24) is 14.5 Å². The molecule has 0 radical (unpaired) electrons. The van der Waals surface area contributed by atoms with Gasteiger partial charge >= 0.3 is 0 Å². The van der Waals surface area contributed by atoms with Gasteiger partial charge in [0.2, 0.25) is 0 Å². The summed E-state index contributed by atoms with van der Waals surface area (Å²) >= 11 is 0. The van der Waals surface area contributed by atoms with Crippen LogP contribution in [0.1, 0.15) is 53.0 Å². The second-order valence-corrected chi connectivity index (χ2v) is 6.84. The van der Waals surface area contributed by atoms with Crippen molar-refractivity contribution in [1.29, 1.82) is 0 Å². The Morgan fingerprint density at radius 3 is 2.21 bits per heavy atom. The van der Waals surface area contributed by atoms with E-state index in [1.165, 1.54) is 0 Å². The topological polar surface area (TPSA) is 64.2 Å². The summed E-state index contributed by atoms with van der Waals surface area (Å²) in [6.45, 7) is 11.6. The molecule has 1 aliphatic rings. The molecular weight excluding hydrogens is 360 g/mol. The molecule has 3 aromatic rings. The molecule has 1 aromatic heterocycles. The lowest BCUT2D eigenvalue weighted by atomic mass is 9.88. The molecule has 0 aliphatic carbocycles. The number of aromatic nitrogens is 2. The minimum absolute atomic E-state index is 0.0951. The lowest BCUT2D eigenvalue weighted by Gasteiger charge is -2.34. The number of fused-ring (bicyclic) bond motifs is 1. The van der Waals surface area contributed by atoms with Gasteiger partial charge in [-0.15, -0.1) is 0 Å². The zero-order valence-corrected chi connectivity index (χ0v) is 18.4. The third kappa shape index (κ3) is 4.44. The summed E-state index contributed by atoms with van der Waals surface area (Å²) in [4.78, 5) is 19.5. The number of imidazole rings is 1. The number of nitrogen functional groups attached to an aromatic ring is 1. The van der Waals surface area contributed by atoms with Gasteiger partial charge in [-0.2, -0.15) is 0 Å². The highest BCUT2D eigenvalue weighted by Gasteiger charge is 2.41. The van der Waals surface area contributed by atoms with E-state index >= 15 is 0 Å². The maximum Gasteiger partial charge on any atom is 0.253 e. The van der Waals surface area contributed by atoms with E-state index in [1.54, 1.807) is 12.5 Å². The third-order valence-corrected chi connectivity index (χ3v) is 5.24. The van der Waals surface area contributed by atoms with Crippen LogP contribution in [0, 0.1) is 0 Å². The first-order valence-electron chi connectivity index (χ1n) is 10.7. The Balaban J connectivity index is 0.000000707. The van der Waals surface area contributed by atoms with Crippen LogP contribution in [0.2, 0.25) is 0 Å². The summed E-state index contributed by atoms with van der Waals surface area (Å²) in [6, 6.07) is 14.4. The Bertz CT molecular complexity index is 927. The van der Waals surface area contributed by atoms with Crippen molar-refractivity contribution in [3.63, 3.8) is 0 Å². The van der Waals surface area contributed by atoms with Crippen LogP contribution in [0.5, 0.6) is 0 Å². The van der Waals surface area contributed by atoms with Gasteiger partial charge in [-0.25, -0.2) is 4.98 Å². The molecule has 1 saturated heterocycles. The molecule has 1 aliphatic heterocycles. The normalized spacial score (nSPS) is 15.0. The smallest absolute Gasteiger partial charge is 0.253 e. The van der Waals surface area contributed by atoms with Gasteiger partial charge in [-0.05, 0) is 42.2 Å². The van der Waals surface area contributed by atoms with E-state index in [9.17, 15) is 4.79 Å². The van der Waals surface area contributed by atoms with Crippen LogP contribution in [0.15, 0.2) is 55.0 Å². The summed E-state index contributed by atoms with van der Waals surface area (Å²) in [5.74, 6) is 0.513. The van der Waals surface area contributed by atoms with Gasteiger partial charge in [0.05, 0.1) is 6.33 Å². The van der Waals surface area contributed by atoms with Gasteiger partial charge in [-0.3, -0.25) is 4.79 Å². The van der Waals surface area contributed by atoms with Crippen molar-refractivity contribution >= 4 is 22.5 Å². The molecule has 1 amide bonds. The number of hydrogen-bond donors (Lipinski definition) is 1. The Morgan fingerprint density at radius 2 is 1.62 bits per heavy atom. The number of carbonyl (C=O) groups is 1. The number of anilines is 1. The fourth-order valence-corrected chi connectivity index (χ4v) is 3.69. The van der Waals surface area contributed by atoms with Crippen LogP contribution in [-0.2, 0) is 10.3 Å². The van der Waals surface area contributed by atoms with Gasteiger partial charge in [0, 0.05) is 19.3 Å². The maximum absolute atomic E-state index is 13.4. The van der Waals surface area contributed by atoms with E-state index in [0.29, 0.717) is 5.82 Å². The Kier molecular flexibility index (Phi) is 7.82. The van der Waals surface area contributed by atoms with Crippen LogP contribution in [-0.4, -0.2) is 33.4 Å². The monoisotopic (exact) mass is 394 g/mol. The number of carbonyl (C=O) groups excluding carboxylic acids is 1. The Labute approximate surface area is 174 Å². The standard InChI is InChI=1S/C20H22N4O.2C2H6/c1-20(24-13-18(21)22-14-24,19(25)23-10-4-5-11-23)17-9-8-15-6-2-3-7-16(15)12-17;2*1-2/h2-3,6-9,12-14H,4-5,10-11,21H2,1H3;2*1-2H3. The minimum Gasteiger partial charge on any atom is -0.382 e. The fourth-order valence-electron chi connectivity index (χ4n) is 3.69. The first-order valence-corrected chi connectivity index (χ1v) is 10.7. The molecule has 2 aromatic carbocycles. The molecule has 29 heavy (non-hydrogen) atoms. The molecular formula is C24H34N4O. The number of amides is 1. The second kappa shape index (κ2) is 10.1. The molecule has 0 saturated carbocycles. The van der Waals surface area contributed by atoms with Crippen LogP contribution < -0.4 is 5.73 Å². The maximum atomic E-state index is 13.4. The third-order valence-electron chi connectivity index (χ3n) is 5.24. The molecule has 2 N–H and O–H groups in total. The Hall–Kier alpha value is -2.82. The summed E-state index contributed by atoms with van der Waals surface area (Å²) in [6.07, 6.45) is 5.51. The van der Waals surface area contributed by atoms with E-state index in [0.717, 1.165) is 42.3 Å². The van der Waals surface area contributed by atoms with Gasteiger partial charge in [0.15, 0.2) is 0 Å². The van der Waals surface area contributed by atoms with Crippen molar-refractivity contribution in [2.24, 2.45) is 0 Å². The molecule has 5 heteroatoms. The summed E-state index contributed by atoms with van der Waals surface area (Å²) in [7, 11) is 0. The van der Waals surface area contributed by atoms with Gasteiger partial charge in [0.1, 0.15) is 11.4 Å². The molecule has 0 spiro atoms. The van der Waals surface area contributed by atoms with Crippen LogP contribution in [0.4, 0.5) is 5.82 Å². The molecule has 1 atom stereocenters. The molecule has 4 rings (SSSR count). The lowest BCUT2D eigenvalue weighted by molar-refractivity contribution is -0.137. The fraction of sp³-hybridized carbons (Fsp3) is 0.417. The first-order chi connectivity index (χ1) is 14.1. The number of nitrogens with two attached hydrogens (primary N) is 1. The zero-order valence-electron chi connectivity index (χ0n) is 18.4. The van der Waals surface area contributed by atoms with Gasteiger partial charge < -0.3 is 15.2 Å². The first kappa shape index (κ1) is 22.5. The van der Waals surface area contributed by atoms with E-state index < -0.39 is 5.54 Å². The number of likely N-dealkylation sites (tertiary alicyclic amines) is 1. The highest BCUT2D eigenvalue weighted by atomic mass is 16.2. The van der Waals surface area contributed by atoms with Crippen molar-refractivity contribution in [2.45, 2.75) is 53.0 Å². The van der Waals surface area contributed by atoms with Crippen LogP contribution in [0.25, 0.3) is 10.8 Å². The van der Waals surface area contributed by atoms with Crippen molar-refractivity contribution in [3.8, 4) is 0 Å². The van der Waals surface area contributed by atoms with Crippen LogP contribution in [0.3, 0.4) is 0 Å². The molecule has 0 bridgehead atoms. The number of rotatable bonds is 3. The average Bonchev–Trinajstić information content (AvgIpc) is 3.47. The molecule has 5 nitrogen and oxygen atoms in total. The molecule has 1 fully saturated rings. The highest BCUT2D eigenvalue weighted by Crippen LogP contribution is 2.32. The van der Waals surface area contributed by atoms with E-state index in [-0.39, 0.29) is 5.91 Å². The second-order valence-electron chi connectivity index (χ2n) is 6.84. The predicted molar refractivity (Wildman–Crippen MR) is 122 cm³/mol. The highest BCUT2D eigenvalue weighted by molar-refractivity contribution is 5.91. The zero-order chi connectivity index (χ0) is 21.4. The Morgan fingerprint density at radius 1 is 1.00 bits per heavy atom. The van der Waals surface area contributed by atoms with E-state index in [1.807, 2.05) is 62.3 Å². The van der Waals surface area contributed by atoms with Gasteiger partial charge in [-0.1, -0.05) is 64.1 Å². The molecule has 1 unspecified atom stereocenters. The SMILES string of the molecule is CC.CC.CC(C(=O)N1CCCC1)(c1ccc2ccccc2c1)n1cnc(N)c1. The lowest BCUT2D eigenvalue weighted by Crippen LogP contribution is -2.48. The summed E-state index contributed by atoms with van der Waals surface area (Å²) in [5, 5.41) is 2.28. The summed E-state index contributed by atoms with van der Waals surface area (Å²) < 4.78 is 1.84. The van der Waals surface area contributed by atoms with Gasteiger partial charge in [0.25, 0.3) is 5.91 Å². The van der Waals surface area contributed by atoms with Crippen molar-refractivity contribution < 1.29 is 4.79 Å². The molecule has 156 valence electrons. The number of benzene rings is 2. The van der Waals surface area contributed by atoms with Crippen molar-refractivity contribution in [3.05, 3.63) is 60.6 Å². The average molecular weight is 395 g/mol. The number of nitrogens with zero attached hydrogens (tertiary/aromatic N) is 3. The minimum atomic E-state index is -0.862. The number of hydrogen-bond acceptors (Lipinski definition) is 3. The van der Waals surface area contributed by atoms with E-state index in [2.05, 4.69) is 29.2 Å². The van der Waals surface area contributed by atoms with Crippen LogP contribution >= 0.6 is 0 Å².